The van der Waals surface area contributed by atoms with Crippen molar-refractivity contribution in [3.63, 3.8) is 0 Å². The third-order valence-corrected chi connectivity index (χ3v) is 7.98. The fourth-order valence-electron chi connectivity index (χ4n) is 6.28. The second-order valence-corrected chi connectivity index (χ2v) is 12.2. The zero-order chi connectivity index (χ0) is 30.9. The number of hydrogen-bond acceptors (Lipinski definition) is 4. The quantitative estimate of drug-likeness (QED) is 0.222. The maximum absolute atomic E-state index is 14.2. The predicted octanol–water partition coefficient (Wildman–Crippen LogP) is 7.28. The van der Waals surface area contributed by atoms with Crippen molar-refractivity contribution in [1.82, 2.24) is 9.80 Å². The summed E-state index contributed by atoms with van der Waals surface area (Å²) in [6.45, 7) is 15.7. The highest BCUT2D eigenvalue weighted by Gasteiger charge is 2.34. The summed E-state index contributed by atoms with van der Waals surface area (Å²) in [6, 6.07) is 22.0. The summed E-state index contributed by atoms with van der Waals surface area (Å²) in [7, 11) is 0. The van der Waals surface area contributed by atoms with E-state index in [4.69, 9.17) is 0 Å². The molecule has 0 aromatic heterocycles. The third kappa shape index (κ3) is 5.79. The van der Waals surface area contributed by atoms with E-state index in [1.54, 1.807) is 21.9 Å². The predicted molar refractivity (Wildman–Crippen MR) is 171 cm³/mol. The van der Waals surface area contributed by atoms with Crippen LogP contribution in [0.4, 0.5) is 0 Å². The van der Waals surface area contributed by atoms with E-state index in [0.717, 1.165) is 10.8 Å². The van der Waals surface area contributed by atoms with Gasteiger partial charge < -0.3 is 20.0 Å². The lowest BCUT2D eigenvalue weighted by Gasteiger charge is -2.34. The van der Waals surface area contributed by atoms with Crippen molar-refractivity contribution in [3.8, 4) is 0 Å². The van der Waals surface area contributed by atoms with Crippen LogP contribution < -0.4 is 0 Å². The number of rotatable bonds is 9. The molecule has 0 saturated carbocycles. The molecular weight excluding hydrogens is 524 g/mol. The van der Waals surface area contributed by atoms with Gasteiger partial charge in [-0.3, -0.25) is 9.59 Å². The number of carbonyl (C=O) groups is 2. The molecule has 0 saturated heterocycles. The van der Waals surface area contributed by atoms with E-state index in [1.807, 2.05) is 116 Å². The van der Waals surface area contributed by atoms with Crippen molar-refractivity contribution in [2.24, 2.45) is 0 Å². The Hall–Kier alpha value is -3.74. The Morgan fingerprint density at radius 2 is 0.810 bits per heavy atom. The average Bonchev–Trinajstić information content (AvgIpc) is 2.94. The summed E-state index contributed by atoms with van der Waals surface area (Å²) in [6.07, 6.45) is -2.93. The van der Waals surface area contributed by atoms with Gasteiger partial charge in [-0.1, -0.05) is 72.8 Å². The molecule has 0 unspecified atom stereocenters. The molecule has 2 N–H and O–H groups in total. The molecule has 0 spiro atoms. The molecule has 0 aliphatic rings. The van der Waals surface area contributed by atoms with Gasteiger partial charge in [0.2, 0.25) is 0 Å². The normalized spacial score (nSPS) is 13.4. The number of hydrogen-bond donors (Lipinski definition) is 2. The number of carbonyl (C=O) groups excluding carboxylic acids is 2. The number of aliphatic hydroxyl groups excluding tert-OH is 2. The van der Waals surface area contributed by atoms with Gasteiger partial charge in [-0.2, -0.15) is 0 Å². The van der Waals surface area contributed by atoms with E-state index in [-0.39, 0.29) is 36.0 Å². The number of aliphatic hydroxyl groups is 2. The van der Waals surface area contributed by atoms with Crippen LogP contribution in [0.3, 0.4) is 0 Å². The zero-order valence-electron chi connectivity index (χ0n) is 26.0. The van der Waals surface area contributed by atoms with Crippen LogP contribution in [-0.4, -0.2) is 56.0 Å². The van der Waals surface area contributed by atoms with Crippen molar-refractivity contribution < 1.29 is 19.8 Å². The summed E-state index contributed by atoms with van der Waals surface area (Å²) in [5.74, 6) is -0.419. The minimum absolute atomic E-state index is 0.0749. The highest BCUT2D eigenvalue weighted by Crippen LogP contribution is 2.38. The van der Waals surface area contributed by atoms with Crippen LogP contribution in [0.25, 0.3) is 21.5 Å². The van der Waals surface area contributed by atoms with Gasteiger partial charge >= 0.3 is 0 Å². The summed E-state index contributed by atoms with van der Waals surface area (Å²) < 4.78 is 0. The second kappa shape index (κ2) is 12.6. The van der Waals surface area contributed by atoms with E-state index < -0.39 is 12.2 Å². The molecule has 222 valence electrons. The zero-order valence-corrected chi connectivity index (χ0v) is 26.0. The first-order valence-electron chi connectivity index (χ1n) is 14.9. The van der Waals surface area contributed by atoms with Crippen LogP contribution in [-0.2, 0) is 0 Å². The van der Waals surface area contributed by atoms with Crippen LogP contribution >= 0.6 is 0 Å². The van der Waals surface area contributed by atoms with Crippen molar-refractivity contribution in [1.29, 1.82) is 0 Å². The molecule has 2 atom stereocenters. The van der Waals surface area contributed by atoms with Crippen molar-refractivity contribution in [2.45, 2.75) is 91.8 Å². The lowest BCUT2D eigenvalue weighted by atomic mass is 9.87. The van der Waals surface area contributed by atoms with Crippen molar-refractivity contribution in [3.05, 3.63) is 95.1 Å². The van der Waals surface area contributed by atoms with Crippen molar-refractivity contribution in [2.75, 3.05) is 0 Å². The van der Waals surface area contributed by atoms with Crippen LogP contribution in [0, 0.1) is 0 Å². The number of fused-ring (bicyclic) bond motifs is 2. The molecule has 4 rings (SSSR count). The second-order valence-electron chi connectivity index (χ2n) is 12.2. The maximum Gasteiger partial charge on any atom is 0.255 e. The molecule has 0 radical (unpaired) electrons. The minimum atomic E-state index is -1.46. The molecule has 6 nitrogen and oxygen atoms in total. The van der Waals surface area contributed by atoms with Crippen molar-refractivity contribution >= 4 is 33.4 Å². The van der Waals surface area contributed by atoms with E-state index in [0.29, 0.717) is 33.0 Å². The fraction of sp³-hybridized carbons (Fsp3) is 0.389. The van der Waals surface area contributed by atoms with Crippen LogP contribution in [0.2, 0.25) is 0 Å². The Balaban J connectivity index is 1.93. The molecule has 0 aliphatic heterocycles. The SMILES string of the molecule is CC(C)N(C(=O)c1c([C@H](O)[C@@H](O)c2ccc3ccccc3c2C(=O)N(C(C)C)C(C)C)ccc2ccccc12)C(C)C. The first-order valence-corrected chi connectivity index (χ1v) is 14.9. The lowest BCUT2D eigenvalue weighted by molar-refractivity contribution is 0.0153. The Morgan fingerprint density at radius 3 is 1.12 bits per heavy atom. The minimum Gasteiger partial charge on any atom is -0.385 e. The Kier molecular flexibility index (Phi) is 9.39. The Bertz CT molecular complexity index is 1460. The van der Waals surface area contributed by atoms with Crippen LogP contribution in [0.15, 0.2) is 72.8 Å². The number of amides is 2. The van der Waals surface area contributed by atoms with Gasteiger partial charge in [-0.15, -0.1) is 0 Å². The number of benzene rings is 4. The fourth-order valence-corrected chi connectivity index (χ4v) is 6.28. The first kappa shape index (κ1) is 31.2. The van der Waals surface area contributed by atoms with E-state index in [1.165, 1.54) is 0 Å². The number of nitrogens with zero attached hydrogens (tertiary/aromatic N) is 2. The molecule has 4 aromatic carbocycles. The maximum atomic E-state index is 14.2. The molecule has 0 fully saturated rings. The average molecular weight is 569 g/mol. The molecule has 4 aromatic rings. The van der Waals surface area contributed by atoms with Gasteiger partial charge in [0.15, 0.2) is 0 Å². The molecule has 0 bridgehead atoms. The standard InChI is InChI=1S/C36H44N2O4/c1-21(2)37(22(3)4)35(41)31-27-15-11-9-13-25(27)17-19-29(31)33(39)34(40)30-20-18-26-14-10-12-16-28(26)32(30)36(42)38(23(5)6)24(7)8/h9-24,33-34,39-40H,1-8H3/t33-,34-/m0/s1. The molecule has 6 heteroatoms. The Morgan fingerprint density at radius 1 is 0.500 bits per heavy atom. The molecule has 0 aliphatic carbocycles. The van der Waals surface area contributed by atoms with Gasteiger partial charge in [-0.25, -0.2) is 0 Å². The van der Waals surface area contributed by atoms with E-state index in [9.17, 15) is 19.8 Å². The molecule has 2 amide bonds. The van der Waals surface area contributed by atoms with Gasteiger partial charge in [0, 0.05) is 24.2 Å². The summed E-state index contributed by atoms with van der Waals surface area (Å²) in [5, 5.41) is 26.9. The summed E-state index contributed by atoms with van der Waals surface area (Å²) in [4.78, 5) is 32.0. The monoisotopic (exact) mass is 568 g/mol. The van der Waals surface area contributed by atoms with Gasteiger partial charge in [0.1, 0.15) is 12.2 Å². The highest BCUT2D eigenvalue weighted by atomic mass is 16.3. The van der Waals surface area contributed by atoms with E-state index >= 15 is 0 Å². The molecule has 42 heavy (non-hydrogen) atoms. The third-order valence-electron chi connectivity index (χ3n) is 7.98. The summed E-state index contributed by atoms with van der Waals surface area (Å²) >= 11 is 0. The molecular formula is C36H44N2O4. The molecule has 0 heterocycles. The highest BCUT2D eigenvalue weighted by molar-refractivity contribution is 6.10. The topological polar surface area (TPSA) is 81.1 Å². The first-order chi connectivity index (χ1) is 19.9. The Labute approximate surface area is 249 Å². The van der Waals surface area contributed by atoms with Gasteiger partial charge in [0.25, 0.3) is 11.8 Å². The lowest BCUT2D eigenvalue weighted by Crippen LogP contribution is -2.43. The smallest absolute Gasteiger partial charge is 0.255 e. The van der Waals surface area contributed by atoms with Crippen LogP contribution in [0.5, 0.6) is 0 Å². The van der Waals surface area contributed by atoms with Gasteiger partial charge in [-0.05, 0) is 88.1 Å². The summed E-state index contributed by atoms with van der Waals surface area (Å²) in [5.41, 5.74) is 1.38. The van der Waals surface area contributed by atoms with E-state index in [2.05, 4.69) is 0 Å². The van der Waals surface area contributed by atoms with Crippen LogP contribution in [0.1, 0.15) is 99.4 Å². The largest absolute Gasteiger partial charge is 0.385 e. The van der Waals surface area contributed by atoms with Gasteiger partial charge in [0.05, 0.1) is 11.1 Å².